The van der Waals surface area contributed by atoms with Crippen molar-refractivity contribution >= 4 is 14.5 Å². The first-order valence-corrected chi connectivity index (χ1v) is 5.18. The Morgan fingerprint density at radius 3 is 1.67 bits per heavy atom. The quantitative estimate of drug-likeness (QED) is 0.498. The fraction of sp³-hybridized carbons (Fsp3) is 0.857. The third-order valence-corrected chi connectivity index (χ3v) is 1.74. The van der Waals surface area contributed by atoms with Crippen LogP contribution >= 0.6 is 8.25 Å². The van der Waals surface area contributed by atoms with Gasteiger partial charge in [0.1, 0.15) is 6.29 Å². The van der Waals surface area contributed by atoms with Crippen LogP contribution in [-0.4, -0.2) is 19.5 Å². The average Bonchev–Trinajstić information content (AvgIpc) is 2.06. The van der Waals surface area contributed by atoms with Gasteiger partial charge in [0, 0.05) is 6.42 Å². The van der Waals surface area contributed by atoms with Crippen molar-refractivity contribution in [2.75, 3.05) is 13.2 Å². The van der Waals surface area contributed by atoms with Crippen LogP contribution in [-0.2, 0) is 18.4 Å². The molecule has 0 unspecified atom stereocenters. The molecule has 0 radical (unpaired) electrons. The molecule has 0 rings (SSSR count). The van der Waals surface area contributed by atoms with Crippen LogP contribution in [0.3, 0.4) is 0 Å². The van der Waals surface area contributed by atoms with Gasteiger partial charge in [0.2, 0.25) is 0 Å². The van der Waals surface area contributed by atoms with E-state index in [4.69, 9.17) is 0 Å². The molecule has 0 aliphatic heterocycles. The van der Waals surface area contributed by atoms with Crippen molar-refractivity contribution < 1.29 is 18.4 Å². The maximum absolute atomic E-state index is 10.4. The first-order chi connectivity index (χ1) is 5.72. The first-order valence-electron chi connectivity index (χ1n) is 3.95. The van der Waals surface area contributed by atoms with Crippen LogP contribution in [0.25, 0.3) is 0 Å². The topological polar surface area (TPSA) is 52.6 Å². The molecule has 0 N–H and O–H groups in total. The molecule has 0 aromatic carbocycles. The molecule has 74 valence electrons. The van der Waals surface area contributed by atoms with Gasteiger partial charge in [0.05, 0.1) is 13.2 Å². The smallest absolute Gasteiger partial charge is 0.311 e. The van der Waals surface area contributed by atoms with Gasteiger partial charge in [-0.15, -0.1) is 0 Å². The summed E-state index contributed by atoms with van der Waals surface area (Å²) in [7, 11) is -2.14. The molecule has 0 spiro atoms. The van der Waals surface area contributed by atoms with Crippen molar-refractivity contribution in [3.8, 4) is 0 Å². The van der Waals surface area contributed by atoms with Gasteiger partial charge in [-0.1, -0.05) is 6.92 Å². The molecule has 5 heteroatoms. The first kappa shape index (κ1) is 14.3. The number of hydrogen-bond acceptors (Lipinski definition) is 4. The highest BCUT2D eigenvalue weighted by molar-refractivity contribution is 7.33. The van der Waals surface area contributed by atoms with Crippen molar-refractivity contribution in [3.05, 3.63) is 0 Å². The molecule has 0 amide bonds. The number of rotatable bonds is 5. The Morgan fingerprint density at radius 1 is 1.17 bits per heavy atom. The zero-order valence-electron chi connectivity index (χ0n) is 7.83. The van der Waals surface area contributed by atoms with Gasteiger partial charge in [-0.05, 0) is 13.8 Å². The van der Waals surface area contributed by atoms with Gasteiger partial charge in [0.25, 0.3) is 0 Å². The lowest BCUT2D eigenvalue weighted by atomic mass is 10.6. The summed E-state index contributed by atoms with van der Waals surface area (Å²) in [4.78, 5) is 9.17. The molecule has 0 aromatic rings. The molecule has 0 heterocycles. The van der Waals surface area contributed by atoms with Crippen LogP contribution in [0.5, 0.6) is 0 Å². The van der Waals surface area contributed by atoms with E-state index in [1.165, 1.54) is 0 Å². The maximum Gasteiger partial charge on any atom is 0.319 e. The molecule has 0 atom stereocenters. The van der Waals surface area contributed by atoms with Gasteiger partial charge >= 0.3 is 8.25 Å². The summed E-state index contributed by atoms with van der Waals surface area (Å²) in [6.45, 7) is 6.28. The van der Waals surface area contributed by atoms with Crippen molar-refractivity contribution in [1.29, 1.82) is 0 Å². The summed E-state index contributed by atoms with van der Waals surface area (Å²) in [5.41, 5.74) is 0. The Labute approximate surface area is 74.2 Å². The predicted octanol–water partition coefficient (Wildman–Crippen LogP) is 2.04. The third kappa shape index (κ3) is 16.4. The highest BCUT2D eigenvalue weighted by Gasteiger charge is 1.91. The molecule has 0 saturated heterocycles. The molecular formula is C7H17O4P. The second-order valence-corrected chi connectivity index (χ2v) is 2.77. The Morgan fingerprint density at radius 2 is 1.50 bits per heavy atom. The highest BCUT2D eigenvalue weighted by Crippen LogP contribution is 2.21. The summed E-state index contributed by atoms with van der Waals surface area (Å²) in [6.07, 6.45) is 1.51. The SMILES string of the molecule is CCC=O.CCO[PH](=O)OCC. The minimum Gasteiger partial charge on any atom is -0.311 e. The predicted molar refractivity (Wildman–Crippen MR) is 48.6 cm³/mol. The Kier molecular flexibility index (Phi) is 16.0. The van der Waals surface area contributed by atoms with E-state index < -0.39 is 8.25 Å². The monoisotopic (exact) mass is 196 g/mol. The summed E-state index contributed by atoms with van der Waals surface area (Å²) < 4.78 is 19.6. The third-order valence-electron chi connectivity index (χ3n) is 0.691. The minimum absolute atomic E-state index is 0.456. The molecule has 4 nitrogen and oxygen atoms in total. The van der Waals surface area contributed by atoms with E-state index in [1.54, 1.807) is 13.8 Å². The molecule has 0 bridgehead atoms. The van der Waals surface area contributed by atoms with Gasteiger partial charge in [0.15, 0.2) is 0 Å². The lowest BCUT2D eigenvalue weighted by Gasteiger charge is -1.97. The molecule has 12 heavy (non-hydrogen) atoms. The van der Waals surface area contributed by atoms with Crippen LogP contribution in [0.4, 0.5) is 0 Å². The number of carbonyl (C=O) groups is 1. The summed E-state index contributed by atoms with van der Waals surface area (Å²) in [5.74, 6) is 0. The Bertz CT molecular complexity index is 108. The molecule has 0 aliphatic rings. The van der Waals surface area contributed by atoms with Gasteiger partial charge < -0.3 is 13.8 Å². The maximum atomic E-state index is 10.4. The zero-order valence-corrected chi connectivity index (χ0v) is 8.83. The van der Waals surface area contributed by atoms with Crippen LogP contribution in [0, 0.1) is 0 Å². The average molecular weight is 196 g/mol. The summed E-state index contributed by atoms with van der Waals surface area (Å²) >= 11 is 0. The normalized spacial score (nSPS) is 9.00. The minimum atomic E-state index is -2.14. The van der Waals surface area contributed by atoms with Crippen molar-refractivity contribution in [3.63, 3.8) is 0 Å². The highest BCUT2D eigenvalue weighted by atomic mass is 31.1. The van der Waals surface area contributed by atoms with Crippen molar-refractivity contribution in [2.24, 2.45) is 0 Å². The van der Waals surface area contributed by atoms with E-state index in [9.17, 15) is 9.36 Å². The second kappa shape index (κ2) is 13.4. The largest absolute Gasteiger partial charge is 0.319 e. The van der Waals surface area contributed by atoms with Crippen molar-refractivity contribution in [2.45, 2.75) is 27.2 Å². The lowest BCUT2D eigenvalue weighted by Crippen LogP contribution is -1.81. The van der Waals surface area contributed by atoms with Gasteiger partial charge in [-0.3, -0.25) is 4.57 Å². The van der Waals surface area contributed by atoms with E-state index in [0.717, 1.165) is 6.29 Å². The van der Waals surface area contributed by atoms with Crippen LogP contribution in [0.1, 0.15) is 27.2 Å². The van der Waals surface area contributed by atoms with E-state index in [0.29, 0.717) is 19.6 Å². The van der Waals surface area contributed by atoms with E-state index in [-0.39, 0.29) is 0 Å². The number of aldehydes is 1. The van der Waals surface area contributed by atoms with Gasteiger partial charge in [-0.2, -0.15) is 0 Å². The van der Waals surface area contributed by atoms with E-state index >= 15 is 0 Å². The number of hydrogen-bond donors (Lipinski definition) is 0. The lowest BCUT2D eigenvalue weighted by molar-refractivity contribution is -0.107. The fourth-order valence-corrected chi connectivity index (χ4v) is 0.832. The van der Waals surface area contributed by atoms with E-state index in [1.807, 2.05) is 6.92 Å². The fourth-order valence-electron chi connectivity index (χ4n) is 0.277. The summed E-state index contributed by atoms with van der Waals surface area (Å²) in [5, 5.41) is 0. The standard InChI is InChI=1S/C4H11O3P.C3H6O/c1-3-6-8(5)7-4-2;1-2-3-4/h8H,3-4H2,1-2H3;3H,2H2,1H3. The zero-order chi connectivity index (χ0) is 9.82. The van der Waals surface area contributed by atoms with E-state index in [2.05, 4.69) is 9.05 Å². The van der Waals surface area contributed by atoms with Crippen LogP contribution in [0.15, 0.2) is 0 Å². The Hall–Kier alpha value is -0.180. The Balaban J connectivity index is 0. The van der Waals surface area contributed by atoms with Crippen molar-refractivity contribution in [1.82, 2.24) is 0 Å². The molecule has 0 saturated carbocycles. The molecule has 0 aromatic heterocycles. The van der Waals surface area contributed by atoms with Crippen LogP contribution < -0.4 is 0 Å². The second-order valence-electron chi connectivity index (χ2n) is 1.69. The summed E-state index contributed by atoms with van der Waals surface area (Å²) in [6, 6.07) is 0. The molecular weight excluding hydrogens is 179 g/mol. The molecule has 0 fully saturated rings. The van der Waals surface area contributed by atoms with Gasteiger partial charge in [-0.25, -0.2) is 0 Å². The van der Waals surface area contributed by atoms with Crippen LogP contribution in [0.2, 0.25) is 0 Å². The number of carbonyl (C=O) groups excluding carboxylic acids is 1. The molecule has 0 aliphatic carbocycles.